The number of amides is 2. The average Bonchev–Trinajstić information content (AvgIpc) is 3.11. The molecule has 1 aliphatic heterocycles. The predicted molar refractivity (Wildman–Crippen MR) is 118 cm³/mol. The van der Waals surface area contributed by atoms with Crippen LogP contribution in [0.15, 0.2) is 46.9 Å². The van der Waals surface area contributed by atoms with Crippen LogP contribution in [0, 0.1) is 13.8 Å². The van der Waals surface area contributed by atoms with Gasteiger partial charge < -0.3 is 24.1 Å². The van der Waals surface area contributed by atoms with E-state index in [9.17, 15) is 9.59 Å². The van der Waals surface area contributed by atoms with Gasteiger partial charge in [0.2, 0.25) is 11.7 Å². The third-order valence-corrected chi connectivity index (χ3v) is 5.15. The van der Waals surface area contributed by atoms with Crippen LogP contribution >= 0.6 is 0 Å². The highest BCUT2D eigenvalue weighted by atomic mass is 16.5. The van der Waals surface area contributed by atoms with E-state index in [-0.39, 0.29) is 30.6 Å². The summed E-state index contributed by atoms with van der Waals surface area (Å²) in [6, 6.07) is 13.2. The first-order valence-corrected chi connectivity index (χ1v) is 10.4. The molecule has 0 radical (unpaired) electrons. The molecule has 0 aliphatic carbocycles. The van der Waals surface area contributed by atoms with Crippen molar-refractivity contribution in [3.63, 3.8) is 0 Å². The standard InChI is InChI=1S/C24H26N2O5/c1-16-13-17(2)15-18(14-16)30-10-7-21(27)25-22-19-5-3-4-6-20(19)31-23(22)24(28)26-8-11-29-12-9-26/h3-6,13-15H,7-12H2,1-2H3,(H,25,27). The number of nitrogens with zero attached hydrogens (tertiary/aromatic N) is 1. The Bertz CT molecular complexity index is 1080. The van der Waals surface area contributed by atoms with E-state index in [0.29, 0.717) is 43.0 Å². The molecule has 31 heavy (non-hydrogen) atoms. The van der Waals surface area contributed by atoms with Crippen molar-refractivity contribution in [1.82, 2.24) is 4.90 Å². The van der Waals surface area contributed by atoms with Gasteiger partial charge in [-0.05, 0) is 49.2 Å². The van der Waals surface area contributed by atoms with Gasteiger partial charge in [-0.3, -0.25) is 9.59 Å². The number of hydrogen-bond acceptors (Lipinski definition) is 5. The van der Waals surface area contributed by atoms with Gasteiger partial charge in [0.1, 0.15) is 17.0 Å². The highest BCUT2D eigenvalue weighted by Gasteiger charge is 2.27. The third kappa shape index (κ3) is 4.88. The molecule has 0 spiro atoms. The monoisotopic (exact) mass is 422 g/mol. The van der Waals surface area contributed by atoms with Crippen LogP contribution in [0.5, 0.6) is 5.75 Å². The fourth-order valence-corrected chi connectivity index (χ4v) is 3.71. The number of benzene rings is 2. The van der Waals surface area contributed by atoms with Crippen LogP contribution in [-0.2, 0) is 9.53 Å². The van der Waals surface area contributed by atoms with Crippen molar-refractivity contribution < 1.29 is 23.5 Å². The largest absolute Gasteiger partial charge is 0.493 e. The van der Waals surface area contributed by atoms with E-state index in [1.165, 1.54) is 0 Å². The Morgan fingerprint density at radius 3 is 2.52 bits per heavy atom. The van der Waals surface area contributed by atoms with E-state index in [1.807, 2.05) is 44.2 Å². The second kappa shape index (κ2) is 9.22. The van der Waals surface area contributed by atoms with Gasteiger partial charge in [0.15, 0.2) is 0 Å². The lowest BCUT2D eigenvalue weighted by atomic mass is 10.1. The van der Waals surface area contributed by atoms with Crippen LogP contribution in [0.2, 0.25) is 0 Å². The Balaban J connectivity index is 1.47. The molecule has 0 saturated carbocycles. The quantitative estimate of drug-likeness (QED) is 0.651. The van der Waals surface area contributed by atoms with E-state index in [1.54, 1.807) is 11.0 Å². The zero-order valence-corrected chi connectivity index (χ0v) is 17.8. The lowest BCUT2D eigenvalue weighted by Gasteiger charge is -2.26. The SMILES string of the molecule is Cc1cc(C)cc(OCCC(=O)Nc2c(C(=O)N3CCOCC3)oc3ccccc23)c1. The molecule has 1 saturated heterocycles. The first-order valence-electron chi connectivity index (χ1n) is 10.4. The average molecular weight is 422 g/mol. The summed E-state index contributed by atoms with van der Waals surface area (Å²) in [5, 5.41) is 3.57. The molecule has 2 heterocycles. The van der Waals surface area contributed by atoms with Crippen molar-refractivity contribution in [3.05, 3.63) is 59.4 Å². The second-order valence-electron chi connectivity index (χ2n) is 7.68. The number of hydrogen-bond donors (Lipinski definition) is 1. The predicted octanol–water partition coefficient (Wildman–Crippen LogP) is 3.93. The molecule has 4 rings (SSSR count). The van der Waals surface area contributed by atoms with Gasteiger partial charge in [0.05, 0.1) is 26.2 Å². The molecule has 2 aromatic carbocycles. The van der Waals surface area contributed by atoms with E-state index >= 15 is 0 Å². The number of ether oxygens (including phenoxy) is 2. The van der Waals surface area contributed by atoms with Gasteiger partial charge in [-0.2, -0.15) is 0 Å². The number of fused-ring (bicyclic) bond motifs is 1. The van der Waals surface area contributed by atoms with Crippen LogP contribution < -0.4 is 10.1 Å². The van der Waals surface area contributed by atoms with Crippen LogP contribution in [0.4, 0.5) is 5.69 Å². The summed E-state index contributed by atoms with van der Waals surface area (Å²) >= 11 is 0. The molecule has 0 bridgehead atoms. The maximum absolute atomic E-state index is 13.0. The van der Waals surface area contributed by atoms with Crippen LogP contribution in [0.3, 0.4) is 0 Å². The minimum atomic E-state index is -0.249. The van der Waals surface area contributed by atoms with E-state index in [0.717, 1.165) is 16.9 Å². The molecule has 3 aromatic rings. The van der Waals surface area contributed by atoms with Gasteiger partial charge in [0.25, 0.3) is 5.91 Å². The fraction of sp³-hybridized carbons (Fsp3) is 0.333. The number of aryl methyl sites for hydroxylation is 2. The molecule has 1 aromatic heterocycles. The number of morpholine rings is 1. The van der Waals surface area contributed by atoms with Gasteiger partial charge in [-0.25, -0.2) is 0 Å². The number of rotatable bonds is 6. The Morgan fingerprint density at radius 2 is 1.77 bits per heavy atom. The summed E-state index contributed by atoms with van der Waals surface area (Å²) in [4.78, 5) is 27.4. The first-order chi connectivity index (χ1) is 15.0. The molecule has 0 atom stereocenters. The molecule has 7 nitrogen and oxygen atoms in total. The number of para-hydroxylation sites is 1. The fourth-order valence-electron chi connectivity index (χ4n) is 3.71. The minimum Gasteiger partial charge on any atom is -0.493 e. The van der Waals surface area contributed by atoms with Crippen molar-refractivity contribution in [2.75, 3.05) is 38.2 Å². The molecule has 162 valence electrons. The van der Waals surface area contributed by atoms with Crippen molar-refractivity contribution in [1.29, 1.82) is 0 Å². The maximum atomic E-state index is 13.0. The molecular weight excluding hydrogens is 396 g/mol. The first kappa shape index (κ1) is 20.9. The Hall–Kier alpha value is -3.32. The van der Waals surface area contributed by atoms with Crippen molar-refractivity contribution in [2.24, 2.45) is 0 Å². The smallest absolute Gasteiger partial charge is 0.291 e. The molecule has 1 fully saturated rings. The number of nitrogens with one attached hydrogen (secondary N) is 1. The van der Waals surface area contributed by atoms with Gasteiger partial charge >= 0.3 is 0 Å². The van der Waals surface area contributed by atoms with Crippen molar-refractivity contribution in [3.8, 4) is 5.75 Å². The summed E-state index contributed by atoms with van der Waals surface area (Å²) in [6.07, 6.45) is 0.150. The molecule has 7 heteroatoms. The van der Waals surface area contributed by atoms with E-state index < -0.39 is 0 Å². The van der Waals surface area contributed by atoms with Gasteiger partial charge in [-0.1, -0.05) is 18.2 Å². The molecular formula is C24H26N2O5. The van der Waals surface area contributed by atoms with Crippen LogP contribution in [-0.4, -0.2) is 49.6 Å². The summed E-state index contributed by atoms with van der Waals surface area (Å²) in [5.74, 6) is 0.391. The maximum Gasteiger partial charge on any atom is 0.291 e. The normalized spacial score (nSPS) is 13.9. The molecule has 2 amide bonds. The highest BCUT2D eigenvalue weighted by Crippen LogP contribution is 2.32. The molecule has 1 N–H and O–H groups in total. The molecule has 1 aliphatic rings. The van der Waals surface area contributed by atoms with Crippen molar-refractivity contribution >= 4 is 28.5 Å². The number of carbonyl (C=O) groups is 2. The summed E-state index contributed by atoms with van der Waals surface area (Å²) in [6.45, 7) is 6.21. The zero-order valence-electron chi connectivity index (χ0n) is 17.8. The lowest BCUT2D eigenvalue weighted by Crippen LogP contribution is -2.40. The summed E-state index contributed by atoms with van der Waals surface area (Å²) in [5.41, 5.74) is 3.18. The highest BCUT2D eigenvalue weighted by molar-refractivity contribution is 6.10. The summed E-state index contributed by atoms with van der Waals surface area (Å²) < 4.78 is 16.9. The number of anilines is 1. The number of carbonyl (C=O) groups excluding carboxylic acids is 2. The third-order valence-electron chi connectivity index (χ3n) is 5.15. The Labute approximate surface area is 180 Å². The minimum absolute atomic E-state index is 0.145. The van der Waals surface area contributed by atoms with Crippen LogP contribution in [0.1, 0.15) is 28.1 Å². The second-order valence-corrected chi connectivity index (χ2v) is 7.68. The zero-order chi connectivity index (χ0) is 21.8. The molecule has 0 unspecified atom stereocenters. The van der Waals surface area contributed by atoms with E-state index in [2.05, 4.69) is 11.4 Å². The number of furan rings is 1. The topological polar surface area (TPSA) is 81.0 Å². The van der Waals surface area contributed by atoms with Crippen LogP contribution in [0.25, 0.3) is 11.0 Å². The van der Waals surface area contributed by atoms with Gasteiger partial charge in [0, 0.05) is 18.5 Å². The Morgan fingerprint density at radius 1 is 1.06 bits per heavy atom. The summed E-state index contributed by atoms with van der Waals surface area (Å²) in [7, 11) is 0. The van der Waals surface area contributed by atoms with Crippen molar-refractivity contribution in [2.45, 2.75) is 20.3 Å². The Kier molecular flexibility index (Phi) is 6.23. The van der Waals surface area contributed by atoms with Gasteiger partial charge in [-0.15, -0.1) is 0 Å². The van der Waals surface area contributed by atoms with E-state index in [4.69, 9.17) is 13.9 Å². The lowest BCUT2D eigenvalue weighted by molar-refractivity contribution is -0.116.